The van der Waals surface area contributed by atoms with Gasteiger partial charge in [0.15, 0.2) is 0 Å². The molecule has 4 amide bonds. The molecule has 146 valence electrons. The fourth-order valence-corrected chi connectivity index (χ4v) is 5.42. The summed E-state index contributed by atoms with van der Waals surface area (Å²) in [7, 11) is 0. The number of aryl methyl sites for hydroxylation is 1. The highest BCUT2D eigenvalue weighted by atomic mass is 16.2. The van der Waals surface area contributed by atoms with E-state index < -0.39 is 23.6 Å². The molecule has 7 rings (SSSR count). The van der Waals surface area contributed by atoms with Crippen molar-refractivity contribution in [3.05, 3.63) is 70.3 Å². The van der Waals surface area contributed by atoms with Crippen molar-refractivity contribution in [1.29, 1.82) is 0 Å². The molecule has 0 radical (unpaired) electrons. The van der Waals surface area contributed by atoms with Gasteiger partial charge in [0.1, 0.15) is 0 Å². The molecule has 2 heterocycles. The molecule has 2 aliphatic rings. The van der Waals surface area contributed by atoms with E-state index in [1.54, 1.807) is 18.2 Å². The number of carbonyl (C=O) groups excluding carboxylic acids is 4. The Kier molecular flexibility index (Phi) is 2.68. The fraction of sp³-hybridized carbons (Fsp3) is 0.0400. The summed E-state index contributed by atoms with van der Waals surface area (Å²) in [4.78, 5) is 50.1. The summed E-state index contributed by atoms with van der Waals surface area (Å²) in [6.45, 7) is 1.93. The van der Waals surface area contributed by atoms with Crippen LogP contribution in [-0.2, 0) is 0 Å². The van der Waals surface area contributed by atoms with Crippen molar-refractivity contribution < 1.29 is 19.2 Å². The fourth-order valence-electron chi connectivity index (χ4n) is 5.42. The monoisotopic (exact) mass is 404 g/mol. The number of rotatable bonds is 0. The van der Waals surface area contributed by atoms with Crippen molar-refractivity contribution in [2.45, 2.75) is 6.92 Å². The van der Waals surface area contributed by atoms with Gasteiger partial charge in [-0.05, 0) is 69.1 Å². The molecule has 5 aromatic carbocycles. The minimum absolute atomic E-state index is 0.400. The third-order valence-electron chi connectivity index (χ3n) is 6.63. The number of benzene rings is 5. The summed E-state index contributed by atoms with van der Waals surface area (Å²) in [5.74, 6) is -1.62. The van der Waals surface area contributed by atoms with Crippen LogP contribution in [0.2, 0.25) is 0 Å². The lowest BCUT2D eigenvalue weighted by Gasteiger charge is -2.24. The maximum atomic E-state index is 12.6. The summed E-state index contributed by atoms with van der Waals surface area (Å²) in [6.07, 6.45) is 0. The molecule has 31 heavy (non-hydrogen) atoms. The van der Waals surface area contributed by atoms with Crippen LogP contribution in [-0.4, -0.2) is 23.6 Å². The summed E-state index contributed by atoms with van der Waals surface area (Å²) in [6, 6.07) is 12.7. The second kappa shape index (κ2) is 5.05. The van der Waals surface area contributed by atoms with E-state index >= 15 is 0 Å². The van der Waals surface area contributed by atoms with Crippen LogP contribution in [0.15, 0.2) is 42.5 Å². The molecule has 6 nitrogen and oxygen atoms in total. The second-order valence-corrected chi connectivity index (χ2v) is 8.16. The molecular formula is C25H12N2O4. The molecule has 0 saturated carbocycles. The summed E-state index contributed by atoms with van der Waals surface area (Å²) in [5, 5.41) is 11.4. The maximum Gasteiger partial charge on any atom is 0.258 e. The molecule has 6 heteroatoms. The molecule has 0 fully saturated rings. The van der Waals surface area contributed by atoms with E-state index in [1.807, 2.05) is 31.2 Å². The Hall–Kier alpha value is -4.32. The lowest BCUT2D eigenvalue weighted by Crippen LogP contribution is -2.35. The van der Waals surface area contributed by atoms with Gasteiger partial charge in [0.05, 0.1) is 0 Å². The smallest absolute Gasteiger partial charge is 0.258 e. The van der Waals surface area contributed by atoms with Gasteiger partial charge in [-0.2, -0.15) is 0 Å². The summed E-state index contributed by atoms with van der Waals surface area (Å²) in [5.41, 5.74) is 2.78. The highest BCUT2D eigenvalue weighted by Gasteiger charge is 2.31. The number of hydrogen-bond acceptors (Lipinski definition) is 4. The largest absolute Gasteiger partial charge is 0.288 e. The first-order valence-electron chi connectivity index (χ1n) is 9.88. The van der Waals surface area contributed by atoms with Gasteiger partial charge in [-0.3, -0.25) is 29.8 Å². The Morgan fingerprint density at radius 3 is 1.52 bits per heavy atom. The quantitative estimate of drug-likeness (QED) is 0.233. The molecule has 0 atom stereocenters. The number of nitrogens with one attached hydrogen (secondary N) is 2. The second-order valence-electron chi connectivity index (χ2n) is 8.16. The molecule has 0 aromatic heterocycles. The van der Waals surface area contributed by atoms with E-state index in [1.165, 1.54) is 0 Å². The molecule has 2 aliphatic heterocycles. The minimum Gasteiger partial charge on any atom is -0.288 e. The lowest BCUT2D eigenvalue weighted by molar-refractivity contribution is 0.0828. The van der Waals surface area contributed by atoms with Crippen LogP contribution < -0.4 is 10.6 Å². The van der Waals surface area contributed by atoms with Crippen molar-refractivity contribution in [1.82, 2.24) is 10.6 Å². The lowest BCUT2D eigenvalue weighted by atomic mass is 9.81. The van der Waals surface area contributed by atoms with E-state index in [9.17, 15) is 19.2 Å². The van der Waals surface area contributed by atoms with E-state index in [2.05, 4.69) is 10.6 Å². The van der Waals surface area contributed by atoms with Crippen LogP contribution in [0.1, 0.15) is 47.0 Å². The van der Waals surface area contributed by atoms with Gasteiger partial charge in [-0.25, -0.2) is 0 Å². The molecule has 0 bridgehead atoms. The number of imide groups is 2. The van der Waals surface area contributed by atoms with E-state index in [0.29, 0.717) is 33.0 Å². The van der Waals surface area contributed by atoms with Crippen molar-refractivity contribution in [3.63, 3.8) is 0 Å². The normalized spacial score (nSPS) is 15.4. The van der Waals surface area contributed by atoms with Crippen molar-refractivity contribution >= 4 is 66.7 Å². The van der Waals surface area contributed by atoms with Gasteiger partial charge < -0.3 is 0 Å². The first kappa shape index (κ1) is 16.5. The first-order chi connectivity index (χ1) is 15.0. The molecule has 0 spiro atoms. The maximum absolute atomic E-state index is 12.6. The Morgan fingerprint density at radius 2 is 0.935 bits per heavy atom. The molecule has 5 aromatic rings. The van der Waals surface area contributed by atoms with Crippen LogP contribution >= 0.6 is 0 Å². The van der Waals surface area contributed by atoms with Crippen LogP contribution in [0.3, 0.4) is 0 Å². The van der Waals surface area contributed by atoms with Crippen LogP contribution in [0, 0.1) is 6.92 Å². The number of amides is 4. The van der Waals surface area contributed by atoms with Crippen molar-refractivity contribution in [2.24, 2.45) is 0 Å². The van der Waals surface area contributed by atoms with E-state index in [-0.39, 0.29) is 0 Å². The van der Waals surface area contributed by atoms with Gasteiger partial charge in [-0.1, -0.05) is 18.2 Å². The zero-order valence-electron chi connectivity index (χ0n) is 16.2. The molecule has 0 aliphatic carbocycles. The topological polar surface area (TPSA) is 92.3 Å². The van der Waals surface area contributed by atoms with Crippen molar-refractivity contribution in [2.75, 3.05) is 0 Å². The average molecular weight is 404 g/mol. The third-order valence-corrected chi connectivity index (χ3v) is 6.63. The molecule has 0 saturated heterocycles. The standard InChI is InChI=1S/C25H12N2O4/c1-9-8-16-20-15(24(30)27-25(16)31)6-3-11-10-2-5-13-19-14(23(29)26-22(13)28)7-4-12(18(10)19)17(9)21(11)20/h2-8H,1H3,(H,26,28,29)(H,27,30,31). The van der Waals surface area contributed by atoms with Gasteiger partial charge in [-0.15, -0.1) is 0 Å². The molecular weight excluding hydrogens is 392 g/mol. The predicted octanol–water partition coefficient (Wildman–Crippen LogP) is 3.81. The molecule has 2 N–H and O–H groups in total. The third kappa shape index (κ3) is 1.75. The minimum atomic E-state index is -0.406. The Bertz CT molecular complexity index is 1740. The van der Waals surface area contributed by atoms with Gasteiger partial charge in [0.2, 0.25) is 0 Å². The predicted molar refractivity (Wildman–Crippen MR) is 116 cm³/mol. The first-order valence-corrected chi connectivity index (χ1v) is 9.88. The van der Waals surface area contributed by atoms with E-state index in [0.717, 1.165) is 37.9 Å². The van der Waals surface area contributed by atoms with E-state index in [4.69, 9.17) is 0 Å². The number of carbonyl (C=O) groups is 4. The van der Waals surface area contributed by atoms with Gasteiger partial charge >= 0.3 is 0 Å². The van der Waals surface area contributed by atoms with Crippen LogP contribution in [0.4, 0.5) is 0 Å². The highest BCUT2D eigenvalue weighted by Crippen LogP contribution is 2.46. The van der Waals surface area contributed by atoms with Crippen molar-refractivity contribution in [3.8, 4) is 0 Å². The van der Waals surface area contributed by atoms with Crippen LogP contribution in [0.5, 0.6) is 0 Å². The Balaban J connectivity index is 1.85. The summed E-state index contributed by atoms with van der Waals surface area (Å²) >= 11 is 0. The Labute approximate surface area is 174 Å². The zero-order valence-corrected chi connectivity index (χ0v) is 16.2. The number of hydrogen-bond donors (Lipinski definition) is 2. The van der Waals surface area contributed by atoms with Gasteiger partial charge in [0.25, 0.3) is 23.6 Å². The zero-order chi connectivity index (χ0) is 21.2. The molecule has 0 unspecified atom stereocenters. The SMILES string of the molecule is Cc1cc2c3c(ccc4c5ccc6c7c(ccc(c1c34)c75)C(=O)NC6=O)C(=O)NC2=O. The Morgan fingerprint density at radius 1 is 0.484 bits per heavy atom. The average Bonchev–Trinajstić information content (AvgIpc) is 2.75. The highest BCUT2D eigenvalue weighted by molar-refractivity contribution is 6.41. The van der Waals surface area contributed by atoms with Crippen LogP contribution in [0.25, 0.3) is 43.1 Å². The number of fused-ring (bicyclic) bond motifs is 2. The van der Waals surface area contributed by atoms with Gasteiger partial charge in [0, 0.05) is 33.0 Å². The summed E-state index contributed by atoms with van der Waals surface area (Å²) < 4.78 is 0.